The minimum Gasteiger partial charge on any atom is -0.375 e. The van der Waals surface area contributed by atoms with Gasteiger partial charge in [-0.15, -0.1) is 23.7 Å². The van der Waals surface area contributed by atoms with E-state index in [1.807, 2.05) is 18.3 Å². The second-order valence-electron chi connectivity index (χ2n) is 4.46. The molecule has 2 aromatic rings. The van der Waals surface area contributed by atoms with Gasteiger partial charge in [-0.2, -0.15) is 0 Å². The van der Waals surface area contributed by atoms with E-state index < -0.39 is 0 Å². The number of thiazole rings is 1. The predicted octanol–water partition coefficient (Wildman–Crippen LogP) is 3.87. The van der Waals surface area contributed by atoms with E-state index in [0.717, 1.165) is 23.5 Å². The van der Waals surface area contributed by atoms with Gasteiger partial charge in [0.05, 0.1) is 0 Å². The molecule has 0 spiro atoms. The third kappa shape index (κ3) is 4.16. The van der Waals surface area contributed by atoms with Crippen LogP contribution in [0.4, 0.5) is 9.52 Å². The van der Waals surface area contributed by atoms with Gasteiger partial charge in [0.25, 0.3) is 0 Å². The Hall–Kier alpha value is -1.17. The van der Waals surface area contributed by atoms with E-state index in [4.69, 9.17) is 5.73 Å². The molecule has 1 unspecified atom stereocenters. The minimum atomic E-state index is -0.200. The van der Waals surface area contributed by atoms with Crippen molar-refractivity contribution in [2.24, 2.45) is 0 Å². The first-order valence-electron chi connectivity index (χ1n) is 6.30. The van der Waals surface area contributed by atoms with Crippen molar-refractivity contribution in [2.75, 3.05) is 12.3 Å². The largest absolute Gasteiger partial charge is 0.375 e. The Morgan fingerprint density at radius 1 is 1.35 bits per heavy atom. The molecule has 20 heavy (non-hydrogen) atoms. The second-order valence-corrected chi connectivity index (χ2v) is 5.60. The Morgan fingerprint density at radius 2 is 2.00 bits per heavy atom. The average Bonchev–Trinajstić information content (AvgIpc) is 2.81. The topological polar surface area (TPSA) is 42.2 Å². The highest BCUT2D eigenvalue weighted by atomic mass is 35.5. The minimum absolute atomic E-state index is 0. The van der Waals surface area contributed by atoms with Gasteiger partial charge in [0.2, 0.25) is 0 Å². The van der Waals surface area contributed by atoms with Crippen LogP contribution >= 0.6 is 23.7 Å². The van der Waals surface area contributed by atoms with Crippen LogP contribution in [-0.4, -0.2) is 16.4 Å². The number of rotatable bonds is 5. The second kappa shape index (κ2) is 7.57. The first kappa shape index (κ1) is 16.9. The lowest BCUT2D eigenvalue weighted by atomic mass is 10.1. The van der Waals surface area contributed by atoms with Crippen LogP contribution < -0.4 is 5.73 Å². The number of nitrogens with zero attached hydrogens (tertiary/aromatic N) is 2. The molecule has 110 valence electrons. The highest BCUT2D eigenvalue weighted by Crippen LogP contribution is 2.24. The predicted molar refractivity (Wildman–Crippen MR) is 84.7 cm³/mol. The van der Waals surface area contributed by atoms with Gasteiger partial charge in [-0.3, -0.25) is 4.90 Å². The van der Waals surface area contributed by atoms with Gasteiger partial charge >= 0.3 is 0 Å². The summed E-state index contributed by atoms with van der Waals surface area (Å²) < 4.78 is 12.9. The number of hydrogen-bond donors (Lipinski definition) is 1. The van der Waals surface area contributed by atoms with Gasteiger partial charge in [0, 0.05) is 23.7 Å². The van der Waals surface area contributed by atoms with E-state index in [-0.39, 0.29) is 24.3 Å². The fraction of sp³-hybridized carbons (Fsp3) is 0.357. The number of aromatic nitrogens is 1. The monoisotopic (exact) mass is 315 g/mol. The number of anilines is 1. The molecule has 1 atom stereocenters. The fourth-order valence-electron chi connectivity index (χ4n) is 2.07. The van der Waals surface area contributed by atoms with Gasteiger partial charge in [-0.05, 0) is 31.2 Å². The van der Waals surface area contributed by atoms with Crippen molar-refractivity contribution in [2.45, 2.75) is 26.4 Å². The summed E-state index contributed by atoms with van der Waals surface area (Å²) in [6, 6.07) is 6.91. The third-order valence-electron chi connectivity index (χ3n) is 3.24. The van der Waals surface area contributed by atoms with Crippen LogP contribution in [0, 0.1) is 5.82 Å². The molecule has 0 saturated heterocycles. The van der Waals surface area contributed by atoms with E-state index in [2.05, 4.69) is 23.7 Å². The summed E-state index contributed by atoms with van der Waals surface area (Å²) in [4.78, 5) is 7.52. The molecule has 1 heterocycles. The SMILES string of the molecule is CCN(Cc1cnc(N)s1)C(C)c1ccc(F)cc1.Cl. The summed E-state index contributed by atoms with van der Waals surface area (Å²) in [5.41, 5.74) is 6.76. The lowest BCUT2D eigenvalue weighted by Crippen LogP contribution is -2.26. The third-order valence-corrected chi connectivity index (χ3v) is 4.05. The summed E-state index contributed by atoms with van der Waals surface area (Å²) in [6.07, 6.45) is 1.82. The summed E-state index contributed by atoms with van der Waals surface area (Å²) >= 11 is 1.51. The Morgan fingerprint density at radius 3 is 2.50 bits per heavy atom. The summed E-state index contributed by atoms with van der Waals surface area (Å²) in [5.74, 6) is -0.200. The Bertz CT molecular complexity index is 529. The van der Waals surface area contributed by atoms with Crippen molar-refractivity contribution in [1.82, 2.24) is 9.88 Å². The van der Waals surface area contributed by atoms with Gasteiger partial charge in [0.1, 0.15) is 5.82 Å². The smallest absolute Gasteiger partial charge is 0.180 e. The zero-order chi connectivity index (χ0) is 13.8. The molecule has 0 fully saturated rings. The Kier molecular flexibility index (Phi) is 6.39. The molecule has 1 aromatic carbocycles. The first-order valence-corrected chi connectivity index (χ1v) is 7.11. The molecule has 0 aliphatic carbocycles. The molecule has 2 N–H and O–H groups in total. The molecule has 6 heteroatoms. The maximum atomic E-state index is 12.9. The van der Waals surface area contributed by atoms with Crippen LogP contribution in [0.25, 0.3) is 0 Å². The van der Waals surface area contributed by atoms with E-state index in [9.17, 15) is 4.39 Å². The van der Waals surface area contributed by atoms with E-state index >= 15 is 0 Å². The molecule has 0 aliphatic heterocycles. The molecule has 2 rings (SSSR count). The molecule has 3 nitrogen and oxygen atoms in total. The van der Waals surface area contributed by atoms with Crippen LogP contribution in [0.1, 0.15) is 30.3 Å². The quantitative estimate of drug-likeness (QED) is 0.910. The molecule has 0 amide bonds. The van der Waals surface area contributed by atoms with Gasteiger partial charge in [-0.25, -0.2) is 9.37 Å². The number of nitrogen functional groups attached to an aromatic ring is 1. The molecule has 0 saturated carbocycles. The van der Waals surface area contributed by atoms with Crippen molar-refractivity contribution in [3.05, 3.63) is 46.7 Å². The molecule has 0 bridgehead atoms. The average molecular weight is 316 g/mol. The molecule has 1 aromatic heterocycles. The van der Waals surface area contributed by atoms with Gasteiger partial charge in [-0.1, -0.05) is 19.1 Å². The number of halogens is 2. The van der Waals surface area contributed by atoms with Crippen molar-refractivity contribution in [3.8, 4) is 0 Å². The summed E-state index contributed by atoms with van der Waals surface area (Å²) in [5, 5.41) is 0.598. The lowest BCUT2D eigenvalue weighted by molar-refractivity contribution is 0.214. The standard InChI is InChI=1S/C14H18FN3S.ClH/c1-3-18(9-13-8-17-14(16)19-13)10(2)11-4-6-12(15)7-5-11;/h4-8,10H,3,9H2,1-2H3,(H2,16,17);1H. The van der Waals surface area contributed by atoms with Crippen LogP contribution in [0.3, 0.4) is 0 Å². The number of hydrogen-bond acceptors (Lipinski definition) is 4. The highest BCUT2D eigenvalue weighted by molar-refractivity contribution is 7.15. The first-order chi connectivity index (χ1) is 9.10. The van der Waals surface area contributed by atoms with Gasteiger partial charge < -0.3 is 5.73 Å². The molecular formula is C14H19ClFN3S. The fourth-order valence-corrected chi connectivity index (χ4v) is 2.78. The molecular weight excluding hydrogens is 297 g/mol. The summed E-state index contributed by atoms with van der Waals surface area (Å²) in [6.45, 7) is 5.96. The van der Waals surface area contributed by atoms with Gasteiger partial charge in [0.15, 0.2) is 5.13 Å². The maximum absolute atomic E-state index is 12.9. The zero-order valence-electron chi connectivity index (χ0n) is 11.5. The Labute approximate surface area is 129 Å². The molecule has 0 radical (unpaired) electrons. The Balaban J connectivity index is 0.00000200. The maximum Gasteiger partial charge on any atom is 0.180 e. The lowest BCUT2D eigenvalue weighted by Gasteiger charge is -2.27. The summed E-state index contributed by atoms with van der Waals surface area (Å²) in [7, 11) is 0. The van der Waals surface area contributed by atoms with Crippen molar-refractivity contribution >= 4 is 28.9 Å². The number of nitrogens with two attached hydrogens (primary N) is 1. The van der Waals surface area contributed by atoms with Crippen LogP contribution in [0.15, 0.2) is 30.5 Å². The van der Waals surface area contributed by atoms with E-state index in [1.165, 1.54) is 23.5 Å². The van der Waals surface area contributed by atoms with E-state index in [0.29, 0.717) is 5.13 Å². The van der Waals surface area contributed by atoms with E-state index in [1.54, 1.807) is 0 Å². The zero-order valence-corrected chi connectivity index (χ0v) is 13.2. The van der Waals surface area contributed by atoms with Crippen LogP contribution in [0.5, 0.6) is 0 Å². The number of benzene rings is 1. The van der Waals surface area contributed by atoms with Crippen molar-refractivity contribution < 1.29 is 4.39 Å². The normalized spacial score (nSPS) is 12.2. The highest BCUT2D eigenvalue weighted by Gasteiger charge is 2.15. The molecule has 0 aliphatic rings. The van der Waals surface area contributed by atoms with Crippen LogP contribution in [-0.2, 0) is 6.54 Å². The van der Waals surface area contributed by atoms with Crippen LogP contribution in [0.2, 0.25) is 0 Å². The van der Waals surface area contributed by atoms with Crippen molar-refractivity contribution in [1.29, 1.82) is 0 Å². The van der Waals surface area contributed by atoms with Crippen molar-refractivity contribution in [3.63, 3.8) is 0 Å².